The Hall–Kier alpha value is -2.87. The Labute approximate surface area is 205 Å². The fraction of sp³-hybridized carbons (Fsp3) is 0.429. The number of methoxy groups -OCH3 is 1. The van der Waals surface area contributed by atoms with Gasteiger partial charge in [0.25, 0.3) is 0 Å². The summed E-state index contributed by atoms with van der Waals surface area (Å²) in [7, 11) is 1.62. The maximum atomic E-state index is 13.8. The summed E-state index contributed by atoms with van der Waals surface area (Å²) in [6.45, 7) is 2.40. The highest BCUT2D eigenvalue weighted by Crippen LogP contribution is 2.45. The van der Waals surface area contributed by atoms with E-state index in [9.17, 15) is 19.4 Å². The molecule has 0 spiro atoms. The van der Waals surface area contributed by atoms with Crippen LogP contribution >= 0.6 is 0 Å². The monoisotopic (exact) mass is 483 g/mol. The van der Waals surface area contributed by atoms with Gasteiger partial charge in [0, 0.05) is 37.0 Å². The van der Waals surface area contributed by atoms with E-state index in [2.05, 4.69) is 19.1 Å². The maximum absolute atomic E-state index is 13.8. The number of ether oxygens (including phenoxy) is 1. The highest BCUT2D eigenvalue weighted by Gasteiger charge is 2.31. The van der Waals surface area contributed by atoms with Crippen LogP contribution in [0, 0.1) is 5.82 Å². The van der Waals surface area contributed by atoms with E-state index in [-0.39, 0.29) is 12.2 Å². The van der Waals surface area contributed by atoms with Crippen molar-refractivity contribution in [3.8, 4) is 11.1 Å². The molecule has 3 rings (SSSR count). The number of carbonyl (C=O) groups is 1. The SMILES string of the molecule is CC/C=C\Cc1nc(C2CC2)c(/C=C/C(O)CC(O)CC(=O)O)c(-c2ccc(F)cc2)c1COC. The summed E-state index contributed by atoms with van der Waals surface area (Å²) in [6.07, 6.45) is 8.45. The molecule has 0 amide bonds. The molecule has 1 saturated carbocycles. The number of halogens is 1. The van der Waals surface area contributed by atoms with Gasteiger partial charge in [0.15, 0.2) is 0 Å². The fourth-order valence-corrected chi connectivity index (χ4v) is 4.17. The minimum Gasteiger partial charge on any atom is -0.481 e. The van der Waals surface area contributed by atoms with Gasteiger partial charge in [-0.15, -0.1) is 0 Å². The summed E-state index contributed by atoms with van der Waals surface area (Å²) in [5.74, 6) is -1.15. The van der Waals surface area contributed by atoms with Crippen LogP contribution in [0.25, 0.3) is 17.2 Å². The van der Waals surface area contributed by atoms with E-state index in [4.69, 9.17) is 14.8 Å². The predicted molar refractivity (Wildman–Crippen MR) is 133 cm³/mol. The van der Waals surface area contributed by atoms with Gasteiger partial charge in [-0.05, 0) is 42.5 Å². The zero-order chi connectivity index (χ0) is 25.4. The van der Waals surface area contributed by atoms with Gasteiger partial charge in [-0.25, -0.2) is 4.39 Å². The molecule has 1 fully saturated rings. The molecule has 3 N–H and O–H groups in total. The van der Waals surface area contributed by atoms with E-state index in [1.165, 1.54) is 12.1 Å². The second kappa shape index (κ2) is 12.7. The lowest BCUT2D eigenvalue weighted by Crippen LogP contribution is -2.19. The van der Waals surface area contributed by atoms with Crippen LogP contribution in [0.3, 0.4) is 0 Å². The van der Waals surface area contributed by atoms with Crippen LogP contribution in [0.2, 0.25) is 0 Å². The van der Waals surface area contributed by atoms with E-state index >= 15 is 0 Å². The molecule has 2 unspecified atom stereocenters. The Morgan fingerprint density at radius 2 is 1.94 bits per heavy atom. The third-order valence-electron chi connectivity index (χ3n) is 5.96. The van der Waals surface area contributed by atoms with Crippen molar-refractivity contribution < 1.29 is 29.2 Å². The Balaban J connectivity index is 2.12. The fourth-order valence-electron chi connectivity index (χ4n) is 4.17. The average molecular weight is 484 g/mol. The molecule has 2 atom stereocenters. The molecule has 1 aliphatic carbocycles. The van der Waals surface area contributed by atoms with E-state index < -0.39 is 24.6 Å². The van der Waals surface area contributed by atoms with Crippen molar-refractivity contribution in [3.05, 3.63) is 70.8 Å². The molecule has 6 nitrogen and oxygen atoms in total. The van der Waals surface area contributed by atoms with Crippen LogP contribution in [-0.4, -0.2) is 45.6 Å². The Bertz CT molecular complexity index is 1060. The molecule has 7 heteroatoms. The lowest BCUT2D eigenvalue weighted by atomic mass is 9.89. The van der Waals surface area contributed by atoms with Crippen LogP contribution in [0.1, 0.15) is 67.5 Å². The van der Waals surface area contributed by atoms with Crippen LogP contribution < -0.4 is 0 Å². The summed E-state index contributed by atoms with van der Waals surface area (Å²) in [5, 5.41) is 29.2. The Morgan fingerprint density at radius 1 is 1.23 bits per heavy atom. The second-order valence-corrected chi connectivity index (χ2v) is 8.92. The normalized spacial score (nSPS) is 15.7. The zero-order valence-electron chi connectivity index (χ0n) is 20.3. The van der Waals surface area contributed by atoms with Crippen LogP contribution in [0.4, 0.5) is 4.39 Å². The number of nitrogens with zero attached hydrogens (tertiary/aromatic N) is 1. The van der Waals surface area contributed by atoms with Gasteiger partial charge >= 0.3 is 5.97 Å². The smallest absolute Gasteiger partial charge is 0.305 e. The molecule has 35 heavy (non-hydrogen) atoms. The van der Waals surface area contributed by atoms with E-state index in [0.29, 0.717) is 18.9 Å². The van der Waals surface area contributed by atoms with Crippen LogP contribution in [0.5, 0.6) is 0 Å². The minimum absolute atomic E-state index is 0.0916. The molecular formula is C28H34FNO5. The molecule has 0 radical (unpaired) electrons. The van der Waals surface area contributed by atoms with Crippen molar-refractivity contribution in [1.29, 1.82) is 0 Å². The van der Waals surface area contributed by atoms with Crippen molar-refractivity contribution in [1.82, 2.24) is 4.98 Å². The molecule has 188 valence electrons. The maximum Gasteiger partial charge on any atom is 0.305 e. The van der Waals surface area contributed by atoms with E-state index in [0.717, 1.165) is 52.9 Å². The number of hydrogen-bond donors (Lipinski definition) is 3. The lowest BCUT2D eigenvalue weighted by molar-refractivity contribution is -0.139. The van der Waals surface area contributed by atoms with Gasteiger partial charge in [-0.2, -0.15) is 0 Å². The third-order valence-corrected chi connectivity index (χ3v) is 5.96. The largest absolute Gasteiger partial charge is 0.481 e. The molecule has 1 heterocycles. The van der Waals surface area contributed by atoms with Crippen molar-refractivity contribution in [2.45, 2.75) is 70.2 Å². The number of aliphatic carboxylic acids is 1. The summed E-state index contributed by atoms with van der Waals surface area (Å²) in [4.78, 5) is 15.9. The number of rotatable bonds is 13. The van der Waals surface area contributed by atoms with Gasteiger partial charge in [-0.1, -0.05) is 43.4 Å². The molecule has 0 aliphatic heterocycles. The van der Waals surface area contributed by atoms with Crippen LogP contribution in [-0.2, 0) is 22.6 Å². The second-order valence-electron chi connectivity index (χ2n) is 8.92. The quantitative estimate of drug-likeness (QED) is 0.346. The number of hydrogen-bond acceptors (Lipinski definition) is 5. The number of aromatic nitrogens is 1. The molecule has 1 aromatic heterocycles. The number of pyridine rings is 1. The predicted octanol–water partition coefficient (Wildman–Crippen LogP) is 5.02. The number of benzene rings is 1. The standard InChI is InChI=1S/C28H34FNO5/c1-3-4-5-6-25-24(17-35-2)27(18-9-11-20(29)12-10-18)23(28(30-25)19-7-8-19)14-13-21(31)15-22(32)16-26(33)34/h4-5,9-14,19,21-22,31-32H,3,6-8,15-17H2,1-2H3,(H,33,34)/b5-4-,14-13+. The van der Waals surface area contributed by atoms with Crippen molar-refractivity contribution in [3.63, 3.8) is 0 Å². The number of aliphatic hydroxyl groups is 2. The van der Waals surface area contributed by atoms with Gasteiger partial charge in [0.2, 0.25) is 0 Å². The molecular weight excluding hydrogens is 449 g/mol. The van der Waals surface area contributed by atoms with Gasteiger partial charge < -0.3 is 20.1 Å². The molecule has 2 aromatic rings. The molecule has 0 saturated heterocycles. The van der Waals surface area contributed by atoms with Gasteiger partial charge in [0.05, 0.1) is 36.6 Å². The first-order valence-electron chi connectivity index (χ1n) is 12.1. The third kappa shape index (κ3) is 7.56. The summed E-state index contributed by atoms with van der Waals surface area (Å²) < 4.78 is 19.3. The minimum atomic E-state index is -1.15. The van der Waals surface area contributed by atoms with Crippen molar-refractivity contribution >= 4 is 12.0 Å². The Kier molecular flexibility index (Phi) is 9.72. The first kappa shape index (κ1) is 26.7. The van der Waals surface area contributed by atoms with Gasteiger partial charge in [0.1, 0.15) is 5.82 Å². The van der Waals surface area contributed by atoms with Gasteiger partial charge in [-0.3, -0.25) is 9.78 Å². The first-order valence-corrected chi connectivity index (χ1v) is 12.1. The van der Waals surface area contributed by atoms with E-state index in [1.54, 1.807) is 31.4 Å². The summed E-state index contributed by atoms with van der Waals surface area (Å²) >= 11 is 0. The number of aliphatic hydroxyl groups excluding tert-OH is 2. The van der Waals surface area contributed by atoms with E-state index in [1.807, 2.05) is 0 Å². The zero-order valence-corrected chi connectivity index (χ0v) is 20.3. The van der Waals surface area contributed by atoms with Crippen LogP contribution in [0.15, 0.2) is 42.5 Å². The Morgan fingerprint density at radius 3 is 2.54 bits per heavy atom. The van der Waals surface area contributed by atoms with Crippen molar-refractivity contribution in [2.24, 2.45) is 0 Å². The first-order chi connectivity index (χ1) is 16.8. The molecule has 1 aromatic carbocycles. The highest BCUT2D eigenvalue weighted by atomic mass is 19.1. The summed E-state index contributed by atoms with van der Waals surface area (Å²) in [5.41, 5.74) is 5.29. The average Bonchev–Trinajstić information content (AvgIpc) is 3.64. The topological polar surface area (TPSA) is 99.9 Å². The molecule has 1 aliphatic rings. The summed E-state index contributed by atoms with van der Waals surface area (Å²) in [6, 6.07) is 6.31. The highest BCUT2D eigenvalue weighted by molar-refractivity contribution is 5.80. The number of carboxylic acid groups (broad SMARTS) is 1. The van der Waals surface area contributed by atoms with Crippen molar-refractivity contribution in [2.75, 3.05) is 7.11 Å². The molecule has 0 bridgehead atoms. The number of allylic oxidation sites excluding steroid dienone is 2. The lowest BCUT2D eigenvalue weighted by Gasteiger charge is -2.20. The number of carboxylic acids is 1.